The second kappa shape index (κ2) is 6.79. The first-order valence-corrected chi connectivity index (χ1v) is 8.38. The quantitative estimate of drug-likeness (QED) is 0.690. The lowest BCUT2D eigenvalue weighted by Gasteiger charge is -2.02. The maximum atomic E-state index is 4.03. The van der Waals surface area contributed by atoms with Crippen LogP contribution in [0.15, 0.2) is 53.5 Å². The summed E-state index contributed by atoms with van der Waals surface area (Å²) < 4.78 is 0. The topological polar surface area (TPSA) is 24.9 Å². The monoisotopic (exact) mass is 300 g/mol. The molecule has 0 unspecified atom stereocenters. The molecule has 3 rings (SSSR count). The number of hydrogen-bond acceptors (Lipinski definition) is 4. The van der Waals surface area contributed by atoms with Crippen LogP contribution in [0.4, 0.5) is 0 Å². The van der Waals surface area contributed by atoms with Crippen molar-refractivity contribution in [3.8, 4) is 10.4 Å². The molecule has 0 amide bonds. The minimum absolute atomic E-state index is 0.946. The fourth-order valence-electron chi connectivity index (χ4n) is 2.04. The largest absolute Gasteiger partial charge is 0.312 e. The molecule has 4 heteroatoms. The maximum absolute atomic E-state index is 4.03. The molecule has 102 valence electrons. The van der Waals surface area contributed by atoms with Crippen LogP contribution in [-0.4, -0.2) is 11.5 Å². The van der Waals surface area contributed by atoms with E-state index < -0.39 is 0 Å². The lowest BCUT2D eigenvalue weighted by molar-refractivity contribution is 0.693. The van der Waals surface area contributed by atoms with Crippen LogP contribution in [0.25, 0.3) is 10.4 Å². The molecule has 2 nitrogen and oxygen atoms in total. The number of rotatable bonds is 6. The van der Waals surface area contributed by atoms with E-state index in [4.69, 9.17) is 0 Å². The van der Waals surface area contributed by atoms with Gasteiger partial charge in [0, 0.05) is 34.3 Å². The van der Waals surface area contributed by atoms with Crippen molar-refractivity contribution in [2.45, 2.75) is 13.0 Å². The summed E-state index contributed by atoms with van der Waals surface area (Å²) in [6, 6.07) is 10.7. The van der Waals surface area contributed by atoms with E-state index in [-0.39, 0.29) is 0 Å². The minimum atomic E-state index is 0.946. The molecule has 0 bridgehead atoms. The molecule has 0 aliphatic rings. The molecule has 0 fully saturated rings. The highest BCUT2D eigenvalue weighted by molar-refractivity contribution is 7.14. The van der Waals surface area contributed by atoms with Gasteiger partial charge in [-0.25, -0.2) is 0 Å². The molecule has 0 saturated heterocycles. The average molecular weight is 300 g/mol. The van der Waals surface area contributed by atoms with Crippen LogP contribution in [0.2, 0.25) is 0 Å². The molecule has 0 radical (unpaired) electrons. The van der Waals surface area contributed by atoms with Gasteiger partial charge in [0.1, 0.15) is 0 Å². The van der Waals surface area contributed by atoms with Crippen LogP contribution in [0, 0.1) is 0 Å². The lowest BCUT2D eigenvalue weighted by Crippen LogP contribution is -2.15. The molecule has 3 aromatic rings. The van der Waals surface area contributed by atoms with Gasteiger partial charge in [-0.3, -0.25) is 4.98 Å². The van der Waals surface area contributed by atoms with E-state index in [0.29, 0.717) is 0 Å². The first-order valence-electron chi connectivity index (χ1n) is 6.63. The summed E-state index contributed by atoms with van der Waals surface area (Å²) in [6.07, 6.45) is 4.75. The van der Waals surface area contributed by atoms with Crippen LogP contribution in [0.5, 0.6) is 0 Å². The highest BCUT2D eigenvalue weighted by atomic mass is 32.1. The van der Waals surface area contributed by atoms with Crippen molar-refractivity contribution < 1.29 is 0 Å². The van der Waals surface area contributed by atoms with Gasteiger partial charge in [-0.15, -0.1) is 22.7 Å². The van der Waals surface area contributed by atoms with Crippen molar-refractivity contribution in [2.24, 2.45) is 0 Å². The third kappa shape index (κ3) is 3.54. The van der Waals surface area contributed by atoms with E-state index in [9.17, 15) is 0 Å². The molecule has 0 aliphatic heterocycles. The summed E-state index contributed by atoms with van der Waals surface area (Å²) in [7, 11) is 0. The fourth-order valence-corrected chi connectivity index (χ4v) is 3.68. The Morgan fingerprint density at radius 3 is 2.80 bits per heavy atom. The summed E-state index contributed by atoms with van der Waals surface area (Å²) in [4.78, 5) is 6.77. The van der Waals surface area contributed by atoms with E-state index in [1.54, 1.807) is 11.3 Å². The summed E-state index contributed by atoms with van der Waals surface area (Å²) in [5, 5.41) is 7.87. The number of thiophene rings is 2. The molecule has 0 aromatic carbocycles. The van der Waals surface area contributed by atoms with Crippen molar-refractivity contribution >= 4 is 22.7 Å². The molecule has 0 aliphatic carbocycles. The van der Waals surface area contributed by atoms with Crippen LogP contribution in [-0.2, 0) is 13.0 Å². The summed E-state index contributed by atoms with van der Waals surface area (Å²) in [5.41, 5.74) is 2.67. The minimum Gasteiger partial charge on any atom is -0.312 e. The predicted octanol–water partition coefficient (Wildman–Crippen LogP) is 4.20. The Bertz CT molecular complexity index is 630. The SMILES string of the molecule is c1csc(-c2csc(CNCCc3ccncc3)c2)c1. The third-order valence-electron chi connectivity index (χ3n) is 3.10. The summed E-state index contributed by atoms with van der Waals surface area (Å²) >= 11 is 3.62. The maximum Gasteiger partial charge on any atom is 0.0351 e. The predicted molar refractivity (Wildman–Crippen MR) is 87.3 cm³/mol. The lowest BCUT2D eigenvalue weighted by atomic mass is 10.2. The normalized spacial score (nSPS) is 10.8. The van der Waals surface area contributed by atoms with Gasteiger partial charge in [-0.05, 0) is 53.6 Å². The molecule has 1 N–H and O–H groups in total. The second-order valence-corrected chi connectivity index (χ2v) is 6.50. The number of hydrogen-bond donors (Lipinski definition) is 1. The second-order valence-electron chi connectivity index (χ2n) is 4.56. The highest BCUT2D eigenvalue weighted by Crippen LogP contribution is 2.29. The zero-order chi connectivity index (χ0) is 13.6. The number of pyridine rings is 1. The van der Waals surface area contributed by atoms with Crippen LogP contribution >= 0.6 is 22.7 Å². The van der Waals surface area contributed by atoms with Gasteiger partial charge < -0.3 is 5.32 Å². The van der Waals surface area contributed by atoms with E-state index in [1.165, 1.54) is 20.9 Å². The zero-order valence-electron chi connectivity index (χ0n) is 11.1. The molecule has 3 heterocycles. The van der Waals surface area contributed by atoms with Gasteiger partial charge in [0.15, 0.2) is 0 Å². The van der Waals surface area contributed by atoms with Gasteiger partial charge in [-0.2, -0.15) is 0 Å². The molecule has 3 aromatic heterocycles. The molecular formula is C16H16N2S2. The van der Waals surface area contributed by atoms with Gasteiger partial charge in [0.05, 0.1) is 0 Å². The fraction of sp³-hybridized carbons (Fsp3) is 0.188. The van der Waals surface area contributed by atoms with Crippen molar-refractivity contribution in [1.82, 2.24) is 10.3 Å². The molecule has 20 heavy (non-hydrogen) atoms. The molecule has 0 saturated carbocycles. The Kier molecular flexibility index (Phi) is 4.58. The van der Waals surface area contributed by atoms with Crippen molar-refractivity contribution in [3.63, 3.8) is 0 Å². The molecule has 0 spiro atoms. The van der Waals surface area contributed by atoms with E-state index in [0.717, 1.165) is 19.5 Å². The van der Waals surface area contributed by atoms with Gasteiger partial charge >= 0.3 is 0 Å². The third-order valence-corrected chi connectivity index (χ3v) is 4.95. The average Bonchev–Trinajstić information content (AvgIpc) is 3.15. The molecule has 0 atom stereocenters. The number of aromatic nitrogens is 1. The molecular weight excluding hydrogens is 284 g/mol. The Morgan fingerprint density at radius 2 is 2.00 bits per heavy atom. The standard InChI is InChI=1S/C16H16N2S2/c1-2-16(19-9-1)14-10-15(20-12-14)11-18-8-5-13-3-6-17-7-4-13/h1-4,6-7,9-10,12,18H,5,8,11H2. The van der Waals surface area contributed by atoms with E-state index in [1.807, 2.05) is 23.7 Å². The Hall–Kier alpha value is -1.49. The first kappa shape index (κ1) is 13.5. The first-order chi connectivity index (χ1) is 9.92. The smallest absolute Gasteiger partial charge is 0.0351 e. The van der Waals surface area contributed by atoms with Gasteiger partial charge in [-0.1, -0.05) is 6.07 Å². The van der Waals surface area contributed by atoms with Crippen molar-refractivity contribution in [2.75, 3.05) is 6.54 Å². The number of nitrogens with one attached hydrogen (secondary N) is 1. The summed E-state index contributed by atoms with van der Waals surface area (Å²) in [6.45, 7) is 1.94. The Labute approximate surface area is 127 Å². The van der Waals surface area contributed by atoms with E-state index >= 15 is 0 Å². The van der Waals surface area contributed by atoms with Crippen LogP contribution in [0.3, 0.4) is 0 Å². The highest BCUT2D eigenvalue weighted by Gasteiger charge is 2.03. The zero-order valence-corrected chi connectivity index (χ0v) is 12.7. The van der Waals surface area contributed by atoms with Gasteiger partial charge in [0.25, 0.3) is 0 Å². The number of nitrogens with zero attached hydrogens (tertiary/aromatic N) is 1. The summed E-state index contributed by atoms with van der Waals surface area (Å²) in [5.74, 6) is 0. The van der Waals surface area contributed by atoms with Crippen LogP contribution < -0.4 is 5.32 Å². The van der Waals surface area contributed by atoms with Crippen molar-refractivity contribution in [1.29, 1.82) is 0 Å². The van der Waals surface area contributed by atoms with Crippen LogP contribution in [0.1, 0.15) is 10.4 Å². The van der Waals surface area contributed by atoms with Gasteiger partial charge in [0.2, 0.25) is 0 Å². The Morgan fingerprint density at radius 1 is 1.10 bits per heavy atom. The van der Waals surface area contributed by atoms with Crippen molar-refractivity contribution in [3.05, 3.63) is 63.9 Å². The Balaban J connectivity index is 1.47. The van der Waals surface area contributed by atoms with E-state index in [2.05, 4.69) is 51.4 Å².